The number of aryl methyl sites for hydroxylation is 1. The second kappa shape index (κ2) is 15.6. The summed E-state index contributed by atoms with van der Waals surface area (Å²) in [6, 6.07) is 8.77. The molecule has 0 aromatic heterocycles. The summed E-state index contributed by atoms with van der Waals surface area (Å²) < 4.78 is 12.0. The Kier molecular flexibility index (Phi) is 12.6. The van der Waals surface area contributed by atoms with Crippen molar-refractivity contribution in [1.82, 2.24) is 10.2 Å². The van der Waals surface area contributed by atoms with Crippen molar-refractivity contribution < 1.29 is 19.1 Å². The molecule has 6 heteroatoms. The van der Waals surface area contributed by atoms with Gasteiger partial charge in [-0.25, -0.2) is 4.79 Å². The number of benzene rings is 1. The second-order valence-electron chi connectivity index (χ2n) is 12.9. The van der Waals surface area contributed by atoms with Gasteiger partial charge >= 0.3 is 12.0 Å². The predicted molar refractivity (Wildman–Crippen MR) is 158 cm³/mol. The van der Waals surface area contributed by atoms with Gasteiger partial charge in [0.1, 0.15) is 5.60 Å². The lowest BCUT2D eigenvalue weighted by Crippen LogP contribution is -2.46. The summed E-state index contributed by atoms with van der Waals surface area (Å²) >= 11 is 0. The van der Waals surface area contributed by atoms with Gasteiger partial charge in [0.05, 0.1) is 18.6 Å². The molecule has 1 unspecified atom stereocenters. The van der Waals surface area contributed by atoms with Crippen LogP contribution in [0.15, 0.2) is 24.3 Å². The molecule has 1 aromatic carbocycles. The molecule has 0 aliphatic heterocycles. The molecule has 0 spiro atoms. The number of rotatable bonds is 12. The minimum absolute atomic E-state index is 0.0245. The third kappa shape index (κ3) is 11.5. The Balaban J connectivity index is 1.48. The molecule has 2 saturated carbocycles. The van der Waals surface area contributed by atoms with Gasteiger partial charge < -0.3 is 19.7 Å². The summed E-state index contributed by atoms with van der Waals surface area (Å²) in [4.78, 5) is 27.8. The van der Waals surface area contributed by atoms with E-state index in [4.69, 9.17) is 9.47 Å². The molecule has 0 bridgehead atoms. The molecule has 0 saturated heterocycles. The molecule has 2 amide bonds. The number of hydrogen-bond donors (Lipinski definition) is 1. The van der Waals surface area contributed by atoms with E-state index in [0.717, 1.165) is 56.9 Å². The molecule has 39 heavy (non-hydrogen) atoms. The molecule has 1 aromatic rings. The lowest BCUT2D eigenvalue weighted by Gasteiger charge is -2.32. The van der Waals surface area contributed by atoms with E-state index in [-0.39, 0.29) is 24.0 Å². The van der Waals surface area contributed by atoms with Gasteiger partial charge in [0.15, 0.2) is 0 Å². The minimum atomic E-state index is -0.436. The largest absolute Gasteiger partial charge is 0.460 e. The zero-order valence-corrected chi connectivity index (χ0v) is 25.3. The SMILES string of the molecule is CCC(CC[C@H]1CCC[C@@H](OCCN(Cc2ccc(C)cc2)C(=O)NC2CCCCC2)C1)C(=O)OC(C)(C)C. The van der Waals surface area contributed by atoms with Crippen molar-refractivity contribution in [1.29, 1.82) is 0 Å². The Hall–Kier alpha value is -2.08. The van der Waals surface area contributed by atoms with Crippen molar-refractivity contribution in [2.24, 2.45) is 11.8 Å². The number of nitrogens with one attached hydrogen (secondary N) is 1. The van der Waals surface area contributed by atoms with E-state index >= 15 is 0 Å². The van der Waals surface area contributed by atoms with Gasteiger partial charge in [-0.3, -0.25) is 4.79 Å². The van der Waals surface area contributed by atoms with E-state index in [1.807, 2.05) is 25.7 Å². The highest BCUT2D eigenvalue weighted by Gasteiger charge is 2.28. The molecule has 220 valence electrons. The Labute approximate surface area is 237 Å². The Morgan fingerprint density at radius 2 is 1.74 bits per heavy atom. The van der Waals surface area contributed by atoms with Gasteiger partial charge in [-0.15, -0.1) is 0 Å². The Morgan fingerprint density at radius 1 is 1.03 bits per heavy atom. The van der Waals surface area contributed by atoms with Crippen molar-refractivity contribution in [3.63, 3.8) is 0 Å². The third-order valence-corrected chi connectivity index (χ3v) is 8.32. The monoisotopic (exact) mass is 542 g/mol. The van der Waals surface area contributed by atoms with Gasteiger partial charge in [0.25, 0.3) is 0 Å². The summed E-state index contributed by atoms with van der Waals surface area (Å²) in [5, 5.41) is 3.30. The lowest BCUT2D eigenvalue weighted by molar-refractivity contribution is -0.160. The molecule has 2 fully saturated rings. The average Bonchev–Trinajstić information content (AvgIpc) is 2.89. The number of urea groups is 1. The van der Waals surface area contributed by atoms with Crippen molar-refractivity contribution >= 4 is 12.0 Å². The molecule has 2 aliphatic rings. The molecular formula is C33H54N2O4. The van der Waals surface area contributed by atoms with Gasteiger partial charge in [-0.1, -0.05) is 68.9 Å². The molecule has 0 radical (unpaired) electrons. The smallest absolute Gasteiger partial charge is 0.317 e. The maximum Gasteiger partial charge on any atom is 0.317 e. The highest BCUT2D eigenvalue weighted by Crippen LogP contribution is 2.32. The van der Waals surface area contributed by atoms with Crippen molar-refractivity contribution in [2.45, 2.75) is 136 Å². The summed E-state index contributed by atoms with van der Waals surface area (Å²) in [7, 11) is 0. The van der Waals surface area contributed by atoms with E-state index in [9.17, 15) is 9.59 Å². The summed E-state index contributed by atoms with van der Waals surface area (Å²) in [6.45, 7) is 11.7. The number of amides is 2. The van der Waals surface area contributed by atoms with Gasteiger partial charge in [0.2, 0.25) is 0 Å². The Bertz CT molecular complexity index is 873. The van der Waals surface area contributed by atoms with E-state index < -0.39 is 5.60 Å². The van der Waals surface area contributed by atoms with Crippen LogP contribution >= 0.6 is 0 Å². The lowest BCUT2D eigenvalue weighted by atomic mass is 9.82. The highest BCUT2D eigenvalue weighted by molar-refractivity contribution is 5.74. The average molecular weight is 543 g/mol. The number of esters is 1. The van der Waals surface area contributed by atoms with Crippen LogP contribution in [0.1, 0.15) is 116 Å². The van der Waals surface area contributed by atoms with Crippen LogP contribution in [-0.4, -0.2) is 47.8 Å². The molecular weight excluding hydrogens is 488 g/mol. The summed E-state index contributed by atoms with van der Waals surface area (Å²) in [5.41, 5.74) is 1.94. The standard InChI is InChI=1S/C33H54N2O4/c1-6-28(31(36)39-33(3,4)5)20-19-26-11-10-14-30(23-26)38-22-21-35(24-27-17-15-25(2)16-18-27)32(37)34-29-12-8-7-9-13-29/h15-18,26,28-30H,6-14,19-24H2,1-5H3,(H,34,37)/t26-,28?,30-/m1/s1. The molecule has 1 N–H and O–H groups in total. The van der Waals surface area contributed by atoms with E-state index in [1.165, 1.54) is 31.2 Å². The Morgan fingerprint density at radius 3 is 2.41 bits per heavy atom. The predicted octanol–water partition coefficient (Wildman–Crippen LogP) is 7.56. The van der Waals surface area contributed by atoms with Gasteiger partial charge in [-0.2, -0.15) is 0 Å². The number of carbonyl (C=O) groups excluding carboxylic acids is 2. The van der Waals surface area contributed by atoms with Crippen LogP contribution in [0, 0.1) is 18.8 Å². The van der Waals surface area contributed by atoms with E-state index in [0.29, 0.717) is 31.7 Å². The topological polar surface area (TPSA) is 67.9 Å². The third-order valence-electron chi connectivity index (χ3n) is 8.32. The molecule has 3 rings (SSSR count). The zero-order chi connectivity index (χ0) is 28.3. The van der Waals surface area contributed by atoms with Crippen LogP contribution in [0.25, 0.3) is 0 Å². The minimum Gasteiger partial charge on any atom is -0.460 e. The number of hydrogen-bond acceptors (Lipinski definition) is 4. The van der Waals surface area contributed by atoms with Crippen LogP contribution in [0.4, 0.5) is 4.79 Å². The van der Waals surface area contributed by atoms with Crippen LogP contribution in [0.5, 0.6) is 0 Å². The first kappa shape index (κ1) is 31.4. The maximum absolute atomic E-state index is 13.3. The number of nitrogens with zero attached hydrogens (tertiary/aromatic N) is 1. The van der Waals surface area contributed by atoms with Crippen LogP contribution in [-0.2, 0) is 20.8 Å². The molecule has 6 nitrogen and oxygen atoms in total. The fourth-order valence-electron chi connectivity index (χ4n) is 5.97. The second-order valence-corrected chi connectivity index (χ2v) is 12.9. The number of ether oxygens (including phenoxy) is 2. The van der Waals surface area contributed by atoms with Crippen LogP contribution in [0.3, 0.4) is 0 Å². The highest BCUT2D eigenvalue weighted by atomic mass is 16.6. The van der Waals surface area contributed by atoms with Crippen molar-refractivity contribution in [3.05, 3.63) is 35.4 Å². The first-order valence-corrected chi connectivity index (χ1v) is 15.6. The van der Waals surface area contributed by atoms with Crippen LogP contribution < -0.4 is 5.32 Å². The van der Waals surface area contributed by atoms with Gasteiger partial charge in [0, 0.05) is 19.1 Å². The zero-order valence-electron chi connectivity index (χ0n) is 25.3. The summed E-state index contributed by atoms with van der Waals surface area (Å²) in [6.07, 6.45) is 13.3. The fourth-order valence-corrected chi connectivity index (χ4v) is 5.97. The number of carbonyl (C=O) groups is 2. The first-order valence-electron chi connectivity index (χ1n) is 15.6. The van der Waals surface area contributed by atoms with E-state index in [1.54, 1.807) is 0 Å². The van der Waals surface area contributed by atoms with Crippen molar-refractivity contribution in [3.8, 4) is 0 Å². The summed E-state index contributed by atoms with van der Waals surface area (Å²) in [5.74, 6) is 0.496. The molecule has 2 aliphatic carbocycles. The normalized spacial score (nSPS) is 21.3. The quantitative estimate of drug-likeness (QED) is 0.277. The first-order chi connectivity index (χ1) is 18.6. The van der Waals surface area contributed by atoms with Crippen molar-refractivity contribution in [2.75, 3.05) is 13.2 Å². The maximum atomic E-state index is 13.3. The van der Waals surface area contributed by atoms with Crippen LogP contribution in [0.2, 0.25) is 0 Å². The van der Waals surface area contributed by atoms with E-state index in [2.05, 4.69) is 43.4 Å². The molecule has 0 heterocycles. The fraction of sp³-hybridized carbons (Fsp3) is 0.758. The molecule has 3 atom stereocenters. The van der Waals surface area contributed by atoms with Gasteiger partial charge in [-0.05, 0) is 84.1 Å².